The number of rotatable bonds is 14. The number of anilines is 8. The largest absolute Gasteiger partial charge is 0.488 e. The second-order valence-corrected chi connectivity index (χ2v) is 30.4. The molecule has 8 aromatic heterocycles. The Labute approximate surface area is 600 Å². The van der Waals surface area contributed by atoms with Crippen molar-refractivity contribution >= 4 is 80.4 Å². The molecule has 0 saturated carbocycles. The van der Waals surface area contributed by atoms with Gasteiger partial charge in [0.1, 0.15) is 40.3 Å². The normalized spacial score (nSPS) is 18.9. The van der Waals surface area contributed by atoms with Crippen molar-refractivity contribution in [2.75, 3.05) is 109 Å². The highest BCUT2D eigenvalue weighted by Crippen LogP contribution is 2.38. The molecule has 532 valence electrons. The Morgan fingerprint density at radius 2 is 1.14 bits per heavy atom. The lowest BCUT2D eigenvalue weighted by Crippen LogP contribution is -2.64. The summed E-state index contributed by atoms with van der Waals surface area (Å²) in [5.41, 5.74) is 15.0. The Morgan fingerprint density at radius 3 is 1.69 bits per heavy atom. The number of hydrogen-bond donors (Lipinski definition) is 4. The zero-order valence-corrected chi connectivity index (χ0v) is 61.3. The van der Waals surface area contributed by atoms with Crippen molar-refractivity contribution < 1.29 is 24.3 Å². The van der Waals surface area contributed by atoms with Gasteiger partial charge in [0.25, 0.3) is 17.0 Å². The van der Waals surface area contributed by atoms with Crippen LogP contribution in [-0.2, 0) is 81.7 Å². The SMILES string of the molecule is CCc1c(-c2cc(Nc3ccc(N4CCN(C5COC5)CC4(C)C)cn3)c(=O)n(C)c2)ccnc1N1CCn2c(cc3c2CCCC3)C1=O.CCc1c(B(O)O)ccnc1N1CCn2c(cc3c2CCCC3)C1.Cn1cc(Br)cc(Nc2ccc(N3CCN(C4COC4)CC3(C)C)cn2)c1=O. The smallest absolute Gasteiger partial charge is 0.423 e. The number of carbonyl (C=O) groups excluding carboxylic acids is 1. The van der Waals surface area contributed by atoms with Gasteiger partial charge in [0.2, 0.25) is 0 Å². The van der Waals surface area contributed by atoms with Gasteiger partial charge in [0.05, 0.1) is 68.8 Å². The lowest BCUT2D eigenvalue weighted by Gasteiger charge is -2.51. The predicted octanol–water partition coefficient (Wildman–Crippen LogP) is 8.40. The van der Waals surface area contributed by atoms with Crippen LogP contribution in [0.25, 0.3) is 11.1 Å². The molecule has 23 nitrogen and oxygen atoms in total. The molecule has 0 atom stereocenters. The molecule has 6 aliphatic heterocycles. The number of amides is 1. The summed E-state index contributed by atoms with van der Waals surface area (Å²) < 4.78 is 19.5. The summed E-state index contributed by atoms with van der Waals surface area (Å²) >= 11 is 3.42. The number of piperazine rings is 2. The van der Waals surface area contributed by atoms with Crippen LogP contribution in [0.15, 0.2) is 112 Å². The number of halogens is 1. The molecular weight excluding hydrogens is 1340 g/mol. The molecular formula is C76H96BBrN16O7. The number of hydrogen-bond acceptors (Lipinski definition) is 18. The molecule has 1 amide bonds. The van der Waals surface area contributed by atoms with Gasteiger partial charge in [0, 0.05) is 148 Å². The van der Waals surface area contributed by atoms with Gasteiger partial charge in [-0.3, -0.25) is 29.1 Å². The highest BCUT2D eigenvalue weighted by atomic mass is 79.9. The average molecular weight is 1440 g/mol. The zero-order valence-electron chi connectivity index (χ0n) is 59.7. The molecule has 0 spiro atoms. The van der Waals surface area contributed by atoms with E-state index in [9.17, 15) is 24.4 Å². The maximum Gasteiger partial charge on any atom is 0.488 e. The van der Waals surface area contributed by atoms with Gasteiger partial charge in [-0.05, 0) is 196 Å². The van der Waals surface area contributed by atoms with Crippen molar-refractivity contribution in [3.63, 3.8) is 0 Å². The van der Waals surface area contributed by atoms with Crippen LogP contribution in [-0.4, -0.2) is 173 Å². The molecule has 4 saturated heterocycles. The highest BCUT2D eigenvalue weighted by molar-refractivity contribution is 9.10. The first-order valence-electron chi connectivity index (χ1n) is 36.3. The van der Waals surface area contributed by atoms with E-state index in [1.165, 1.54) is 65.6 Å². The molecule has 101 heavy (non-hydrogen) atoms. The first-order chi connectivity index (χ1) is 48.7. The first kappa shape index (κ1) is 69.9. The highest BCUT2D eigenvalue weighted by Gasteiger charge is 2.41. The third-order valence-corrected chi connectivity index (χ3v) is 22.4. The predicted molar refractivity (Wildman–Crippen MR) is 402 cm³/mol. The van der Waals surface area contributed by atoms with Crippen LogP contribution in [0.4, 0.5) is 46.0 Å². The van der Waals surface area contributed by atoms with Crippen molar-refractivity contribution in [3.05, 3.63) is 168 Å². The number of nitrogens with zero attached hydrogens (tertiary/aromatic N) is 14. The minimum Gasteiger partial charge on any atom is -0.423 e. The number of fused-ring (bicyclic) bond motifs is 6. The molecule has 25 heteroatoms. The molecule has 0 radical (unpaired) electrons. The lowest BCUT2D eigenvalue weighted by molar-refractivity contribution is -0.0741. The summed E-state index contributed by atoms with van der Waals surface area (Å²) in [5.74, 6) is 2.86. The van der Waals surface area contributed by atoms with Crippen LogP contribution in [0, 0.1) is 0 Å². The van der Waals surface area contributed by atoms with E-state index in [1.54, 1.807) is 55.1 Å². The maximum absolute atomic E-state index is 13.9. The number of ether oxygens (including phenoxy) is 2. The van der Waals surface area contributed by atoms with Gasteiger partial charge < -0.3 is 63.1 Å². The van der Waals surface area contributed by atoms with E-state index < -0.39 is 7.12 Å². The minimum absolute atomic E-state index is 0.00979. The van der Waals surface area contributed by atoms with Gasteiger partial charge in [0.15, 0.2) is 0 Å². The Kier molecular flexibility index (Phi) is 20.3. The van der Waals surface area contributed by atoms with Crippen LogP contribution in [0.3, 0.4) is 0 Å². The monoisotopic (exact) mass is 1430 g/mol. The van der Waals surface area contributed by atoms with Gasteiger partial charge in [-0.25, -0.2) is 19.9 Å². The first-order valence-corrected chi connectivity index (χ1v) is 37.1. The Bertz CT molecular complexity index is 4470. The van der Waals surface area contributed by atoms with E-state index in [4.69, 9.17) is 19.4 Å². The third kappa shape index (κ3) is 14.3. The Balaban J connectivity index is 0.000000141. The summed E-state index contributed by atoms with van der Waals surface area (Å²) in [5, 5.41) is 25.7. The second kappa shape index (κ2) is 29.3. The van der Waals surface area contributed by atoms with Gasteiger partial charge in [-0.1, -0.05) is 13.8 Å². The molecule has 2 aliphatic carbocycles. The molecule has 8 aromatic rings. The van der Waals surface area contributed by atoms with Crippen molar-refractivity contribution in [1.29, 1.82) is 0 Å². The van der Waals surface area contributed by atoms with Crippen molar-refractivity contribution in [1.82, 2.24) is 48.0 Å². The number of pyridine rings is 6. The van der Waals surface area contributed by atoms with Crippen LogP contribution >= 0.6 is 15.9 Å². The van der Waals surface area contributed by atoms with Crippen molar-refractivity contribution in [2.45, 2.75) is 149 Å². The summed E-state index contributed by atoms with van der Waals surface area (Å²) in [7, 11) is 2.05. The van der Waals surface area contributed by atoms with E-state index in [-0.39, 0.29) is 28.1 Å². The summed E-state index contributed by atoms with van der Waals surface area (Å²) in [6, 6.07) is 21.0. The number of aryl methyl sites for hydroxylation is 4. The fourth-order valence-corrected chi connectivity index (χ4v) is 17.1. The third-order valence-electron chi connectivity index (χ3n) is 21.9. The number of carbonyl (C=O) groups is 1. The molecule has 4 N–H and O–H groups in total. The van der Waals surface area contributed by atoms with E-state index in [0.29, 0.717) is 59.3 Å². The molecule has 8 aliphatic rings. The Hall–Kier alpha value is -8.17. The molecule has 0 aromatic carbocycles. The van der Waals surface area contributed by atoms with Gasteiger partial charge in [-0.2, -0.15) is 0 Å². The van der Waals surface area contributed by atoms with Crippen LogP contribution in [0.5, 0.6) is 0 Å². The van der Waals surface area contributed by atoms with E-state index in [2.05, 4.69) is 129 Å². The molecule has 0 unspecified atom stereocenters. The fraction of sp³-hybridized carbons (Fsp3) is 0.487. The van der Waals surface area contributed by atoms with Gasteiger partial charge in [-0.15, -0.1) is 0 Å². The summed E-state index contributed by atoms with van der Waals surface area (Å²) in [4.78, 5) is 72.2. The fourth-order valence-electron chi connectivity index (χ4n) is 16.5. The number of aromatic nitrogens is 8. The van der Waals surface area contributed by atoms with Gasteiger partial charge >= 0.3 is 7.12 Å². The van der Waals surface area contributed by atoms with Crippen LogP contribution in [0.2, 0.25) is 0 Å². The zero-order chi connectivity index (χ0) is 70.4. The quantitative estimate of drug-likeness (QED) is 0.0750. The standard InChI is InChI=1S/C38H46N8O3.C20H26BrN5O2.C18H24BN3O2/c1-5-29-30(12-13-39-35(29)45-16-15-44-32-9-7-6-8-25(32)19-33(44)37(45)48)26-18-31(36(47)42(4)21-26)41-34-11-10-27(20-40-34)46-17-14-43(24-38(46,2)3)28-22-49-23-28;1-20(2)13-25(16-11-28-12-16)6-7-26(20)15-4-5-18(22-9-15)23-17-8-14(21)10-24(3)19(17)27;1-2-15-16(19(23)24)7-8-20-18(15)21-9-10-22-14(12-21)11-13-5-3-4-6-17(13)22/h10-13,18-21,28H,5-9,14-17,22-24H2,1-4H3,(H,40,41);4-5,8-10,16H,6-7,11-13H2,1-3H3,(H,22,23);7-8,11,23-24H,2-6,9-10,12H2,1H3. The number of nitrogens with one attached hydrogen (secondary N) is 2. The lowest BCUT2D eigenvalue weighted by atomic mass is 9.77. The van der Waals surface area contributed by atoms with E-state index in [0.717, 1.165) is 161 Å². The molecule has 16 rings (SSSR count). The summed E-state index contributed by atoms with van der Waals surface area (Å²) in [6.07, 6.45) is 21.7. The Morgan fingerprint density at radius 1 is 0.594 bits per heavy atom. The average Bonchev–Trinajstić information content (AvgIpc) is 1.69. The topological polar surface area (TPSA) is 225 Å². The van der Waals surface area contributed by atoms with Crippen LogP contribution < -0.4 is 46.8 Å². The second-order valence-electron chi connectivity index (χ2n) is 29.5. The minimum atomic E-state index is -1.44. The molecule has 0 bridgehead atoms. The van der Waals surface area contributed by atoms with E-state index in [1.807, 2.05) is 54.7 Å². The van der Waals surface area contributed by atoms with E-state index >= 15 is 0 Å². The van der Waals surface area contributed by atoms with Crippen molar-refractivity contribution in [2.24, 2.45) is 14.1 Å². The van der Waals surface area contributed by atoms with Crippen LogP contribution in [0.1, 0.15) is 117 Å². The summed E-state index contributed by atoms with van der Waals surface area (Å²) in [6.45, 7) is 26.6. The van der Waals surface area contributed by atoms with Crippen molar-refractivity contribution in [3.8, 4) is 11.1 Å². The molecule has 4 fully saturated rings. The maximum atomic E-state index is 13.9. The molecule has 14 heterocycles.